The molecule has 17 heavy (non-hydrogen) atoms. The molecule has 0 N–H and O–H groups in total. The van der Waals surface area contributed by atoms with Crippen LogP contribution in [0, 0.1) is 15.0 Å². The Bertz CT molecular complexity index is 348. The van der Waals surface area contributed by atoms with Gasteiger partial charge in [-0.3, -0.25) is 10.1 Å². The summed E-state index contributed by atoms with van der Waals surface area (Å²) in [6.07, 6.45) is -7.24. The van der Waals surface area contributed by atoms with Crippen molar-refractivity contribution in [1.29, 1.82) is 0 Å². The van der Waals surface area contributed by atoms with Gasteiger partial charge >= 0.3 is 17.9 Å². The lowest BCUT2D eigenvalue weighted by atomic mass is 10.1. The Hall–Kier alpha value is -1.35. The molecule has 1 rings (SSSR count). The Balaban J connectivity index is 3.14. The monoisotopic (exact) mass is 263 g/mol. The van der Waals surface area contributed by atoms with Crippen molar-refractivity contribution >= 4 is 0 Å². The molecule has 0 aliphatic heterocycles. The topological polar surface area (TPSA) is 63.2 Å². The van der Waals surface area contributed by atoms with Crippen LogP contribution in [0.15, 0.2) is 0 Å². The second-order valence-corrected chi connectivity index (χ2v) is 3.78. The van der Waals surface area contributed by atoms with Crippen LogP contribution in [0.2, 0.25) is 0 Å². The minimum atomic E-state index is -6.14. The molecule has 0 spiro atoms. The van der Waals surface area contributed by atoms with Gasteiger partial charge < -0.3 is 0 Å². The zero-order chi connectivity index (χ0) is 13.5. The van der Waals surface area contributed by atoms with Crippen molar-refractivity contribution < 1.29 is 31.6 Å². The van der Waals surface area contributed by atoms with Crippen molar-refractivity contribution in [2.24, 2.45) is 0 Å². The molecule has 0 heterocycles. The predicted molar refractivity (Wildman–Crippen MR) is 42.8 cm³/mol. The maximum absolute atomic E-state index is 12.8. The Labute approximate surface area is 91.3 Å². The molecule has 1 aliphatic rings. The molecule has 10 heteroatoms. The fourth-order valence-corrected chi connectivity index (χ4v) is 1.78. The summed E-state index contributed by atoms with van der Waals surface area (Å²) < 4.78 is 59.7. The van der Waals surface area contributed by atoms with Crippen LogP contribution >= 0.6 is 0 Å². The van der Waals surface area contributed by atoms with Crippen molar-refractivity contribution in [3.8, 4) is 0 Å². The van der Waals surface area contributed by atoms with E-state index in [9.17, 15) is 37.0 Å². The summed E-state index contributed by atoms with van der Waals surface area (Å²) in [4.78, 5) is 20.3. The molecule has 98 valence electrons. The van der Waals surface area contributed by atoms with E-state index < -0.39 is 40.4 Å². The standard InChI is InChI=1S/C7H8F5N2O3/c8-6(9,10)7(11,12)13(15)5(14(16)17)3-1-2-4-5/h1-4H2/q+1. The molecule has 0 bridgehead atoms. The van der Waals surface area contributed by atoms with Gasteiger partial charge in [-0.1, -0.05) is 0 Å². The van der Waals surface area contributed by atoms with E-state index in [-0.39, 0.29) is 12.8 Å². The van der Waals surface area contributed by atoms with Crippen LogP contribution in [0.5, 0.6) is 0 Å². The highest BCUT2D eigenvalue weighted by atomic mass is 19.4. The molecule has 1 aliphatic carbocycles. The summed E-state index contributed by atoms with van der Waals surface area (Å²) in [6.45, 7) is 0. The molecule has 0 aromatic heterocycles. The minimum absolute atomic E-state index is 0.0632. The van der Waals surface area contributed by atoms with Gasteiger partial charge in [-0.25, -0.2) is 0 Å². The maximum Gasteiger partial charge on any atom is 0.606 e. The first-order valence-corrected chi connectivity index (χ1v) is 4.62. The Morgan fingerprint density at radius 2 is 1.41 bits per heavy atom. The molecule has 0 saturated heterocycles. The number of rotatable bonds is 3. The summed E-state index contributed by atoms with van der Waals surface area (Å²) in [7, 11) is 0. The van der Waals surface area contributed by atoms with Crippen LogP contribution in [0.3, 0.4) is 0 Å². The second kappa shape index (κ2) is 3.84. The molecule has 1 fully saturated rings. The van der Waals surface area contributed by atoms with E-state index in [1.54, 1.807) is 0 Å². The van der Waals surface area contributed by atoms with E-state index in [2.05, 4.69) is 0 Å². The van der Waals surface area contributed by atoms with Gasteiger partial charge in [-0.05, 0) is 12.8 Å². The van der Waals surface area contributed by atoms with Gasteiger partial charge in [0, 0.05) is 4.91 Å². The zero-order valence-electron chi connectivity index (χ0n) is 8.34. The Kier molecular flexibility index (Phi) is 3.10. The smallest absolute Gasteiger partial charge is 0.258 e. The first kappa shape index (κ1) is 13.7. The number of hydrogen-bond donors (Lipinski definition) is 0. The van der Waals surface area contributed by atoms with Crippen LogP contribution in [-0.4, -0.2) is 27.6 Å². The molecule has 0 radical (unpaired) electrons. The molecule has 0 unspecified atom stereocenters. The number of nitro groups is 1. The first-order valence-electron chi connectivity index (χ1n) is 4.62. The number of nitrogens with zero attached hydrogens (tertiary/aromatic N) is 2. The largest absolute Gasteiger partial charge is 0.606 e. The van der Waals surface area contributed by atoms with Gasteiger partial charge in [0.05, 0.1) is 17.8 Å². The molecular weight excluding hydrogens is 255 g/mol. The van der Waals surface area contributed by atoms with Gasteiger partial charge in [0.1, 0.15) is 0 Å². The molecule has 0 atom stereocenters. The third kappa shape index (κ3) is 1.95. The van der Waals surface area contributed by atoms with Crippen molar-refractivity contribution in [1.82, 2.24) is 0 Å². The van der Waals surface area contributed by atoms with E-state index in [4.69, 9.17) is 0 Å². The van der Waals surface area contributed by atoms with E-state index in [0.29, 0.717) is 0 Å². The average molecular weight is 263 g/mol. The van der Waals surface area contributed by atoms with Crippen molar-refractivity contribution in [3.63, 3.8) is 0 Å². The van der Waals surface area contributed by atoms with Crippen molar-refractivity contribution in [2.75, 3.05) is 0 Å². The van der Waals surface area contributed by atoms with Crippen molar-refractivity contribution in [2.45, 2.75) is 43.6 Å². The first-order chi connectivity index (χ1) is 7.56. The normalized spacial score (nSPS) is 20.3. The predicted octanol–water partition coefficient (Wildman–Crippen LogP) is 2.47. The Morgan fingerprint density at radius 1 is 1.00 bits per heavy atom. The highest BCUT2D eigenvalue weighted by molar-refractivity contribution is 4.77. The molecule has 1 saturated carbocycles. The molecule has 5 nitrogen and oxygen atoms in total. The minimum Gasteiger partial charge on any atom is -0.258 e. The fourth-order valence-electron chi connectivity index (χ4n) is 1.78. The average Bonchev–Trinajstić information content (AvgIpc) is 2.64. The summed E-state index contributed by atoms with van der Waals surface area (Å²) >= 11 is 0. The van der Waals surface area contributed by atoms with Crippen LogP contribution in [0.25, 0.3) is 0 Å². The fraction of sp³-hybridized carbons (Fsp3) is 1.00. The number of nitroso groups, excluding NO2 is 1. The van der Waals surface area contributed by atoms with E-state index >= 15 is 0 Å². The zero-order valence-corrected chi connectivity index (χ0v) is 8.34. The van der Waals surface area contributed by atoms with Gasteiger partial charge in [-0.15, -0.1) is 8.78 Å². The van der Waals surface area contributed by atoms with E-state index in [1.807, 2.05) is 0 Å². The molecule has 0 amide bonds. The highest BCUT2D eigenvalue weighted by Gasteiger charge is 2.80. The summed E-state index contributed by atoms with van der Waals surface area (Å²) in [5.74, 6) is 0. The van der Waals surface area contributed by atoms with E-state index in [0.717, 1.165) is 0 Å². The van der Waals surface area contributed by atoms with Gasteiger partial charge in [0.25, 0.3) is 0 Å². The molecule has 0 aromatic carbocycles. The van der Waals surface area contributed by atoms with Crippen LogP contribution in [-0.2, 0) is 0 Å². The molecular formula is C7H8F5N2O3+. The lowest BCUT2D eigenvalue weighted by Crippen LogP contribution is -2.58. The quantitative estimate of drug-likeness (QED) is 0.196. The third-order valence-electron chi connectivity index (χ3n) is 2.72. The third-order valence-corrected chi connectivity index (χ3v) is 2.72. The molecule has 0 aromatic rings. The lowest BCUT2D eigenvalue weighted by molar-refractivity contribution is -0.892. The summed E-state index contributed by atoms with van der Waals surface area (Å²) in [5.41, 5.74) is -2.88. The lowest BCUT2D eigenvalue weighted by Gasteiger charge is -2.17. The second-order valence-electron chi connectivity index (χ2n) is 3.78. The van der Waals surface area contributed by atoms with Crippen LogP contribution < -0.4 is 0 Å². The van der Waals surface area contributed by atoms with Crippen LogP contribution in [0.1, 0.15) is 25.7 Å². The summed E-state index contributed by atoms with van der Waals surface area (Å²) in [6, 6.07) is -5.76. The van der Waals surface area contributed by atoms with Crippen LogP contribution in [0.4, 0.5) is 22.0 Å². The SMILES string of the molecule is O=[N+]([O-])C1([N+](=O)C(F)(F)C(F)(F)F)CCCC1. The van der Waals surface area contributed by atoms with Gasteiger partial charge in [0.2, 0.25) is 0 Å². The maximum atomic E-state index is 12.8. The number of alkyl halides is 5. The van der Waals surface area contributed by atoms with Crippen molar-refractivity contribution in [3.05, 3.63) is 15.0 Å². The van der Waals surface area contributed by atoms with Gasteiger partial charge in [0.15, 0.2) is 4.76 Å². The highest BCUT2D eigenvalue weighted by Crippen LogP contribution is 2.43. The summed E-state index contributed by atoms with van der Waals surface area (Å²) in [5, 5.41) is 10.6. The van der Waals surface area contributed by atoms with E-state index in [1.165, 1.54) is 0 Å². The Morgan fingerprint density at radius 3 is 1.71 bits per heavy atom. The number of hydrogen-bond acceptors (Lipinski definition) is 3. The number of halogens is 5. The van der Waals surface area contributed by atoms with Gasteiger partial charge in [-0.2, -0.15) is 13.2 Å².